The average molecular weight is 732 g/mol. The number of alkyl halides is 5. The van der Waals surface area contributed by atoms with Crippen LogP contribution in [-0.2, 0) is 17.2 Å². The second kappa shape index (κ2) is 15.3. The number of piperidine rings is 1. The molecule has 0 spiro atoms. The molecule has 0 aromatic heterocycles. The highest BCUT2D eigenvalue weighted by Gasteiger charge is 2.57. The highest BCUT2D eigenvalue weighted by atomic mass is 32.2. The molecule has 1 unspecified atom stereocenters. The Hall–Kier alpha value is -1.83. The van der Waals surface area contributed by atoms with E-state index >= 15 is 0 Å². The molecule has 282 valence electrons. The third-order valence-corrected chi connectivity index (χ3v) is 14.5. The minimum atomic E-state index is -5.59. The summed E-state index contributed by atoms with van der Waals surface area (Å²) in [7, 11) is 0.665. The quantitative estimate of drug-likeness (QED) is 0.266. The fraction of sp³-hybridized carbons (Fsp3) is 0.811. The van der Waals surface area contributed by atoms with Crippen molar-refractivity contribution in [1.29, 1.82) is 0 Å². The first kappa shape index (κ1) is 37.9. The number of ether oxygens (including phenoxy) is 1. The summed E-state index contributed by atoms with van der Waals surface area (Å²) in [6.07, 6.45) is -0.499. The number of likely N-dealkylation sites (N-methyl/N-ethyl adjacent to an activating group) is 1. The summed E-state index contributed by atoms with van der Waals surface area (Å²) in [5.74, 6) is -2.97. The number of hydrogen-bond acceptors (Lipinski definition) is 6. The first-order valence-electron chi connectivity index (χ1n) is 18.7. The van der Waals surface area contributed by atoms with Crippen LogP contribution in [-0.4, -0.2) is 112 Å². The van der Waals surface area contributed by atoms with Crippen molar-refractivity contribution in [3.8, 4) is 5.75 Å². The van der Waals surface area contributed by atoms with Crippen molar-refractivity contribution in [1.82, 2.24) is 14.7 Å². The molecule has 2 saturated heterocycles. The minimum Gasteiger partial charge on any atom is -0.410 e. The number of aliphatic hydroxyl groups is 1. The maximum atomic E-state index is 13.3. The second-order valence-electron chi connectivity index (χ2n) is 16.0. The Morgan fingerprint density at radius 2 is 1.68 bits per heavy atom. The van der Waals surface area contributed by atoms with Crippen LogP contribution >= 0.6 is 0 Å². The van der Waals surface area contributed by atoms with Crippen molar-refractivity contribution in [3.63, 3.8) is 0 Å². The van der Waals surface area contributed by atoms with E-state index in [4.69, 9.17) is 4.74 Å². The lowest BCUT2D eigenvalue weighted by Crippen LogP contribution is -2.53. The fourth-order valence-corrected chi connectivity index (χ4v) is 11.2. The molecule has 7 atom stereocenters. The number of nitrogens with zero attached hydrogens (tertiary/aromatic N) is 3. The molecule has 2 heterocycles. The Bertz CT molecular complexity index is 1370. The number of piperazine rings is 1. The molecule has 3 aliphatic carbocycles. The Morgan fingerprint density at radius 3 is 2.38 bits per heavy atom. The van der Waals surface area contributed by atoms with Crippen molar-refractivity contribution < 1.29 is 40.8 Å². The van der Waals surface area contributed by atoms with Gasteiger partial charge in [-0.2, -0.15) is 22.0 Å². The number of benzene rings is 1. The van der Waals surface area contributed by atoms with Crippen LogP contribution in [0.3, 0.4) is 0 Å². The van der Waals surface area contributed by atoms with Crippen LogP contribution in [0.2, 0.25) is 0 Å². The lowest BCUT2D eigenvalue weighted by atomic mass is 9.52. The first-order valence-corrected chi connectivity index (χ1v) is 20.1. The molecular weight excluding hydrogens is 677 g/mol. The SMILES string of the molecule is CN1CCN(C2CCN(C(=O)Oc3ccc4c(c3)C[C@@H](CCCS(=O)CCCC(F)(F)C(F)(F)F)[C@@H]3[C@@H]4CC[C@]4(C)[C@@H](O)CC[C@@H]34)CC2)CC1. The molecule has 0 radical (unpaired) electrons. The van der Waals surface area contributed by atoms with E-state index in [0.717, 1.165) is 83.1 Å². The normalized spacial score (nSPS) is 31.9. The van der Waals surface area contributed by atoms with Gasteiger partial charge in [0.15, 0.2) is 0 Å². The summed E-state index contributed by atoms with van der Waals surface area (Å²) in [6, 6.07) is 6.53. The predicted octanol–water partition coefficient (Wildman–Crippen LogP) is 6.85. The monoisotopic (exact) mass is 731 g/mol. The van der Waals surface area contributed by atoms with Gasteiger partial charge in [0.05, 0.1) is 6.10 Å². The number of amides is 1. The number of carbonyl (C=O) groups is 1. The Labute approximate surface area is 295 Å². The van der Waals surface area contributed by atoms with Gasteiger partial charge < -0.3 is 19.6 Å². The number of halogens is 5. The van der Waals surface area contributed by atoms with Gasteiger partial charge in [-0.05, 0) is 124 Å². The number of fused-ring (bicyclic) bond motifs is 5. The van der Waals surface area contributed by atoms with Crippen molar-refractivity contribution >= 4 is 16.9 Å². The van der Waals surface area contributed by atoms with E-state index in [0.29, 0.717) is 49.1 Å². The number of aliphatic hydroxyl groups excluding tert-OH is 1. The lowest BCUT2D eigenvalue weighted by molar-refractivity contribution is -0.284. The summed E-state index contributed by atoms with van der Waals surface area (Å²) >= 11 is 0. The van der Waals surface area contributed by atoms with E-state index < -0.39 is 35.7 Å². The summed E-state index contributed by atoms with van der Waals surface area (Å²) in [5.41, 5.74) is 2.26. The van der Waals surface area contributed by atoms with Crippen LogP contribution in [0.1, 0.15) is 88.2 Å². The zero-order valence-electron chi connectivity index (χ0n) is 29.4. The van der Waals surface area contributed by atoms with Gasteiger partial charge in [0.25, 0.3) is 0 Å². The molecule has 2 saturated carbocycles. The maximum absolute atomic E-state index is 13.3. The van der Waals surface area contributed by atoms with Gasteiger partial charge in [-0.25, -0.2) is 4.79 Å². The molecule has 5 aliphatic rings. The highest BCUT2D eigenvalue weighted by Crippen LogP contribution is 2.62. The van der Waals surface area contributed by atoms with E-state index in [-0.39, 0.29) is 35.0 Å². The predicted molar refractivity (Wildman–Crippen MR) is 183 cm³/mol. The highest BCUT2D eigenvalue weighted by molar-refractivity contribution is 7.84. The molecule has 50 heavy (non-hydrogen) atoms. The van der Waals surface area contributed by atoms with Crippen LogP contribution in [0.25, 0.3) is 0 Å². The van der Waals surface area contributed by atoms with E-state index in [1.165, 1.54) is 5.56 Å². The molecule has 1 amide bonds. The zero-order valence-corrected chi connectivity index (χ0v) is 30.3. The first-order chi connectivity index (χ1) is 23.7. The third-order valence-electron chi connectivity index (χ3n) is 13.0. The summed E-state index contributed by atoms with van der Waals surface area (Å²) in [4.78, 5) is 20.0. The average Bonchev–Trinajstić information content (AvgIpc) is 3.38. The number of hydrogen-bond donors (Lipinski definition) is 1. The molecular formula is C37H54F5N3O4S. The van der Waals surface area contributed by atoms with Crippen LogP contribution in [0, 0.1) is 23.2 Å². The van der Waals surface area contributed by atoms with E-state index in [1.54, 1.807) is 0 Å². The Balaban J connectivity index is 1.08. The standard InChI is InChI=1S/C37H54F5N3O4S/c1-35-14-10-30-29-7-6-28(49-34(47)45-15-11-27(12-16-45)44-19-17-43(2)18-20-44)24-26(29)23-25(33(30)31(35)8-9-32(35)46)5-3-21-50(48)22-4-13-36(38,39)37(40,41)42/h6-7,24-25,27,30-33,46H,3-5,8-23H2,1-2H3/t25-,30-,31+,32+,33-,35+,50?/m1/s1. The molecule has 1 aromatic carbocycles. The number of likely N-dealkylation sites (tertiary alicyclic amines) is 1. The number of carbonyl (C=O) groups excluding carboxylic acids is 1. The zero-order chi connectivity index (χ0) is 35.8. The number of rotatable bonds is 10. The van der Waals surface area contributed by atoms with Crippen LogP contribution in [0.4, 0.5) is 26.7 Å². The summed E-state index contributed by atoms with van der Waals surface area (Å²) < 4.78 is 82.9. The third kappa shape index (κ3) is 8.05. The molecule has 6 rings (SSSR count). The van der Waals surface area contributed by atoms with Crippen molar-refractivity contribution in [3.05, 3.63) is 29.3 Å². The van der Waals surface area contributed by atoms with Crippen LogP contribution in [0.5, 0.6) is 5.75 Å². The topological polar surface area (TPSA) is 73.3 Å². The van der Waals surface area contributed by atoms with E-state index in [1.807, 2.05) is 17.0 Å². The second-order valence-corrected chi connectivity index (χ2v) is 17.7. The van der Waals surface area contributed by atoms with Crippen molar-refractivity contribution in [2.24, 2.45) is 23.2 Å². The van der Waals surface area contributed by atoms with Gasteiger partial charge in [-0.1, -0.05) is 13.0 Å². The molecule has 0 bridgehead atoms. The van der Waals surface area contributed by atoms with E-state index in [9.17, 15) is 36.1 Å². The van der Waals surface area contributed by atoms with Gasteiger partial charge in [-0.15, -0.1) is 0 Å². The summed E-state index contributed by atoms with van der Waals surface area (Å²) in [6.45, 7) is 7.82. The van der Waals surface area contributed by atoms with E-state index in [2.05, 4.69) is 29.8 Å². The molecule has 7 nitrogen and oxygen atoms in total. The maximum Gasteiger partial charge on any atom is 0.453 e. The molecule has 13 heteroatoms. The van der Waals surface area contributed by atoms with Gasteiger partial charge in [0.2, 0.25) is 0 Å². The lowest BCUT2D eigenvalue weighted by Gasteiger charge is -2.53. The van der Waals surface area contributed by atoms with Gasteiger partial charge in [-0.3, -0.25) is 9.11 Å². The molecule has 4 fully saturated rings. The van der Waals surface area contributed by atoms with Gasteiger partial charge in [0.1, 0.15) is 5.75 Å². The Morgan fingerprint density at radius 1 is 0.980 bits per heavy atom. The molecule has 1 aromatic rings. The van der Waals surface area contributed by atoms with Crippen molar-refractivity contribution in [2.45, 2.75) is 108 Å². The Kier molecular flexibility index (Phi) is 11.6. The molecule has 1 N–H and O–H groups in total. The molecule has 2 aliphatic heterocycles. The summed E-state index contributed by atoms with van der Waals surface area (Å²) in [5, 5.41) is 11.0. The van der Waals surface area contributed by atoms with Crippen molar-refractivity contribution in [2.75, 3.05) is 57.8 Å². The smallest absolute Gasteiger partial charge is 0.410 e. The largest absolute Gasteiger partial charge is 0.453 e. The van der Waals surface area contributed by atoms with Gasteiger partial charge in [0, 0.05) is 74.0 Å². The van der Waals surface area contributed by atoms with Gasteiger partial charge >= 0.3 is 18.2 Å². The van der Waals surface area contributed by atoms with Crippen LogP contribution < -0.4 is 4.74 Å². The van der Waals surface area contributed by atoms with Crippen LogP contribution in [0.15, 0.2) is 18.2 Å². The fourth-order valence-electron chi connectivity index (χ4n) is 10.1. The minimum absolute atomic E-state index is 0.156.